The summed E-state index contributed by atoms with van der Waals surface area (Å²) in [5.74, 6) is 0.690. The molecule has 0 radical (unpaired) electrons. The lowest BCUT2D eigenvalue weighted by atomic mass is 9.89. The molecule has 0 saturated carbocycles. The number of carbonyl (C=O) groups is 1. The van der Waals surface area contributed by atoms with Gasteiger partial charge in [-0.05, 0) is 61.8 Å². The lowest BCUT2D eigenvalue weighted by molar-refractivity contribution is -0.116. The van der Waals surface area contributed by atoms with Crippen LogP contribution in [0.1, 0.15) is 35.7 Å². The van der Waals surface area contributed by atoms with Crippen LogP contribution < -0.4 is 5.32 Å². The number of hydrogen-bond acceptors (Lipinski definition) is 2. The molecule has 0 unspecified atom stereocenters. The first-order chi connectivity index (χ1) is 10.5. The van der Waals surface area contributed by atoms with Crippen molar-refractivity contribution in [1.29, 1.82) is 0 Å². The minimum absolute atomic E-state index is 0.0263. The maximum absolute atomic E-state index is 12.3. The topological polar surface area (TPSA) is 46.9 Å². The second-order valence-corrected chi connectivity index (χ2v) is 6.44. The van der Waals surface area contributed by atoms with Gasteiger partial charge in [0.2, 0.25) is 5.91 Å². The summed E-state index contributed by atoms with van der Waals surface area (Å²) in [4.78, 5) is 12.3. The third kappa shape index (κ3) is 3.06. The van der Waals surface area contributed by atoms with Crippen LogP contribution in [0.15, 0.2) is 24.4 Å². The molecule has 3 rings (SSSR count). The third-order valence-electron chi connectivity index (χ3n) is 4.55. The van der Waals surface area contributed by atoms with Gasteiger partial charge >= 0.3 is 0 Å². The molecule has 4 heteroatoms. The van der Waals surface area contributed by atoms with Crippen LogP contribution in [0.4, 0.5) is 5.69 Å². The molecule has 0 aliphatic heterocycles. The van der Waals surface area contributed by atoms with Crippen LogP contribution in [0.5, 0.6) is 0 Å². The zero-order valence-electron chi connectivity index (χ0n) is 13.5. The van der Waals surface area contributed by atoms with Gasteiger partial charge in [0, 0.05) is 11.9 Å². The number of nitrogens with zero attached hydrogens (tertiary/aromatic N) is 2. The first kappa shape index (κ1) is 14.8. The second-order valence-electron chi connectivity index (χ2n) is 6.44. The largest absolute Gasteiger partial charge is 0.324 e. The van der Waals surface area contributed by atoms with Crippen LogP contribution in [-0.2, 0) is 24.2 Å². The SMILES string of the molecule is Cc1cccc(NC(=O)Cn2cc3c(n2)CC[C@@H](C)C3)c1C. The molecule has 22 heavy (non-hydrogen) atoms. The maximum Gasteiger partial charge on any atom is 0.246 e. The number of aryl methyl sites for hydroxylation is 2. The Kier molecular flexibility index (Phi) is 4.01. The molecular formula is C18H23N3O. The van der Waals surface area contributed by atoms with E-state index in [1.165, 1.54) is 17.5 Å². The molecule has 1 atom stereocenters. The van der Waals surface area contributed by atoms with E-state index in [1.807, 2.05) is 38.2 Å². The summed E-state index contributed by atoms with van der Waals surface area (Å²) in [7, 11) is 0. The van der Waals surface area contributed by atoms with Gasteiger partial charge in [-0.15, -0.1) is 0 Å². The minimum Gasteiger partial charge on any atom is -0.324 e. The molecule has 1 aliphatic rings. The average Bonchev–Trinajstić information content (AvgIpc) is 2.85. The molecule has 0 saturated heterocycles. The van der Waals surface area contributed by atoms with Crippen molar-refractivity contribution in [3.05, 3.63) is 46.8 Å². The summed E-state index contributed by atoms with van der Waals surface area (Å²) in [6.07, 6.45) is 5.34. The second kappa shape index (κ2) is 5.95. The van der Waals surface area contributed by atoms with Crippen LogP contribution in [-0.4, -0.2) is 15.7 Å². The molecule has 1 amide bonds. The van der Waals surface area contributed by atoms with Gasteiger partial charge in [-0.2, -0.15) is 5.10 Å². The fourth-order valence-corrected chi connectivity index (χ4v) is 3.05. The average molecular weight is 297 g/mol. The molecule has 116 valence electrons. The van der Waals surface area contributed by atoms with Gasteiger partial charge in [-0.1, -0.05) is 19.1 Å². The van der Waals surface area contributed by atoms with Gasteiger partial charge in [0.05, 0.1) is 5.69 Å². The quantitative estimate of drug-likeness (QED) is 0.945. The Bertz CT molecular complexity index is 702. The highest BCUT2D eigenvalue weighted by molar-refractivity contribution is 5.91. The summed E-state index contributed by atoms with van der Waals surface area (Å²) in [6.45, 7) is 6.62. The molecule has 1 aromatic carbocycles. The highest BCUT2D eigenvalue weighted by atomic mass is 16.2. The number of carbonyl (C=O) groups excluding carboxylic acids is 1. The number of nitrogens with one attached hydrogen (secondary N) is 1. The van der Waals surface area contributed by atoms with Gasteiger partial charge in [0.25, 0.3) is 0 Å². The van der Waals surface area contributed by atoms with Gasteiger partial charge in [-0.3, -0.25) is 9.48 Å². The number of fused-ring (bicyclic) bond motifs is 1. The number of rotatable bonds is 3. The molecule has 1 aliphatic carbocycles. The predicted octanol–water partition coefficient (Wildman–Crippen LogP) is 3.26. The molecule has 4 nitrogen and oxygen atoms in total. The molecule has 2 aromatic rings. The Morgan fingerprint density at radius 2 is 2.23 bits per heavy atom. The number of benzene rings is 1. The number of amides is 1. The molecule has 0 fully saturated rings. The van der Waals surface area contributed by atoms with Crippen LogP contribution in [0.2, 0.25) is 0 Å². The van der Waals surface area contributed by atoms with Crippen molar-refractivity contribution in [3.8, 4) is 0 Å². The van der Waals surface area contributed by atoms with Crippen LogP contribution >= 0.6 is 0 Å². The van der Waals surface area contributed by atoms with E-state index in [9.17, 15) is 4.79 Å². The van der Waals surface area contributed by atoms with E-state index >= 15 is 0 Å². The first-order valence-electron chi connectivity index (χ1n) is 7.94. The zero-order chi connectivity index (χ0) is 15.7. The summed E-state index contributed by atoms with van der Waals surface area (Å²) < 4.78 is 1.78. The smallest absolute Gasteiger partial charge is 0.246 e. The highest BCUT2D eigenvalue weighted by Crippen LogP contribution is 2.24. The van der Waals surface area contributed by atoms with E-state index in [0.717, 1.165) is 29.8 Å². The molecular weight excluding hydrogens is 274 g/mol. The molecule has 1 N–H and O–H groups in total. The normalized spacial score (nSPS) is 17.1. The van der Waals surface area contributed by atoms with Crippen LogP contribution in [0, 0.1) is 19.8 Å². The van der Waals surface area contributed by atoms with E-state index in [2.05, 4.69) is 17.3 Å². The molecule has 1 aromatic heterocycles. The fraction of sp³-hybridized carbons (Fsp3) is 0.444. The van der Waals surface area contributed by atoms with Crippen molar-refractivity contribution in [1.82, 2.24) is 9.78 Å². The molecule has 1 heterocycles. The van der Waals surface area contributed by atoms with Gasteiger partial charge in [0.15, 0.2) is 0 Å². The Balaban J connectivity index is 1.68. The van der Waals surface area contributed by atoms with Crippen LogP contribution in [0.3, 0.4) is 0 Å². The van der Waals surface area contributed by atoms with E-state index in [4.69, 9.17) is 0 Å². The first-order valence-corrected chi connectivity index (χ1v) is 7.94. The van der Waals surface area contributed by atoms with Crippen LogP contribution in [0.25, 0.3) is 0 Å². The van der Waals surface area contributed by atoms with E-state index in [1.54, 1.807) is 4.68 Å². The zero-order valence-corrected chi connectivity index (χ0v) is 13.5. The van der Waals surface area contributed by atoms with Crippen molar-refractivity contribution in [3.63, 3.8) is 0 Å². The fourth-order valence-electron chi connectivity index (χ4n) is 3.05. The lowest BCUT2D eigenvalue weighted by Gasteiger charge is -2.15. The predicted molar refractivity (Wildman–Crippen MR) is 88.0 cm³/mol. The number of aromatic nitrogens is 2. The summed E-state index contributed by atoms with van der Waals surface area (Å²) >= 11 is 0. The summed E-state index contributed by atoms with van der Waals surface area (Å²) in [5.41, 5.74) is 5.65. The molecule has 0 bridgehead atoms. The summed E-state index contributed by atoms with van der Waals surface area (Å²) in [5, 5.41) is 7.55. The monoisotopic (exact) mass is 297 g/mol. The minimum atomic E-state index is -0.0263. The van der Waals surface area contributed by atoms with Crippen molar-refractivity contribution in [2.75, 3.05) is 5.32 Å². The van der Waals surface area contributed by atoms with Gasteiger partial charge in [-0.25, -0.2) is 0 Å². The lowest BCUT2D eigenvalue weighted by Crippen LogP contribution is -2.19. The maximum atomic E-state index is 12.3. The van der Waals surface area contributed by atoms with Gasteiger partial charge in [0.1, 0.15) is 6.54 Å². The number of anilines is 1. The Morgan fingerprint density at radius 3 is 3.05 bits per heavy atom. The Morgan fingerprint density at radius 1 is 1.41 bits per heavy atom. The van der Waals surface area contributed by atoms with Crippen molar-refractivity contribution < 1.29 is 4.79 Å². The Hall–Kier alpha value is -2.10. The van der Waals surface area contributed by atoms with Gasteiger partial charge < -0.3 is 5.32 Å². The van der Waals surface area contributed by atoms with Crippen molar-refractivity contribution in [2.24, 2.45) is 5.92 Å². The summed E-state index contributed by atoms with van der Waals surface area (Å²) in [6, 6.07) is 5.95. The van der Waals surface area contributed by atoms with E-state index < -0.39 is 0 Å². The number of hydrogen-bond donors (Lipinski definition) is 1. The van der Waals surface area contributed by atoms with E-state index in [-0.39, 0.29) is 12.5 Å². The van der Waals surface area contributed by atoms with Crippen molar-refractivity contribution >= 4 is 11.6 Å². The standard InChI is InChI=1S/C18H23N3O/c1-12-7-8-17-15(9-12)10-21(20-17)11-18(22)19-16-6-4-5-13(2)14(16)3/h4-6,10,12H,7-9,11H2,1-3H3,(H,19,22)/t12-/m1/s1. The molecule has 0 spiro atoms. The third-order valence-corrected chi connectivity index (χ3v) is 4.55. The highest BCUT2D eigenvalue weighted by Gasteiger charge is 2.19. The Labute approximate surface area is 131 Å². The van der Waals surface area contributed by atoms with E-state index in [0.29, 0.717) is 5.92 Å². The van der Waals surface area contributed by atoms with Crippen molar-refractivity contribution in [2.45, 2.75) is 46.6 Å².